The van der Waals surface area contributed by atoms with Crippen molar-refractivity contribution in [2.45, 2.75) is 6.43 Å². The molecule has 0 atom stereocenters. The van der Waals surface area contributed by atoms with E-state index in [0.29, 0.717) is 5.95 Å². The van der Waals surface area contributed by atoms with Crippen molar-refractivity contribution in [2.24, 2.45) is 0 Å². The second-order valence-electron chi connectivity index (χ2n) is 3.56. The number of halogens is 2. The number of aromatic amines is 1. The molecular formula is C11H8F2N4. The Hall–Kier alpha value is -2.24. The normalized spacial score (nSPS) is 11.5. The fourth-order valence-electron chi connectivity index (χ4n) is 1.62. The number of rotatable bonds is 2. The van der Waals surface area contributed by atoms with Crippen LogP contribution in [0.4, 0.5) is 8.78 Å². The Morgan fingerprint density at radius 3 is 2.71 bits per heavy atom. The van der Waals surface area contributed by atoms with Crippen LogP contribution < -0.4 is 0 Å². The fraction of sp³-hybridized carbons (Fsp3) is 0.0909. The molecule has 0 unspecified atom stereocenters. The van der Waals surface area contributed by atoms with E-state index in [0.717, 1.165) is 11.0 Å². The summed E-state index contributed by atoms with van der Waals surface area (Å²) in [5, 5.41) is 3.75. The first-order valence-corrected chi connectivity index (χ1v) is 5.03. The summed E-state index contributed by atoms with van der Waals surface area (Å²) in [6.07, 6.45) is -1.11. The van der Waals surface area contributed by atoms with Crippen molar-refractivity contribution in [1.29, 1.82) is 0 Å². The van der Waals surface area contributed by atoms with E-state index in [2.05, 4.69) is 15.1 Å². The smallest absolute Gasteiger partial charge is 0.282 e. The maximum Gasteiger partial charge on any atom is 0.282 e. The Morgan fingerprint density at radius 1 is 1.18 bits per heavy atom. The Balaban J connectivity index is 2.07. The lowest BCUT2D eigenvalue weighted by Crippen LogP contribution is -1.98. The number of fused-ring (bicyclic) bond motifs is 1. The highest BCUT2D eigenvalue weighted by atomic mass is 19.3. The first-order valence-electron chi connectivity index (χ1n) is 5.03. The number of imidazole rings is 1. The van der Waals surface area contributed by atoms with E-state index in [1.807, 2.05) is 24.3 Å². The number of hydrogen-bond acceptors (Lipinski definition) is 2. The van der Waals surface area contributed by atoms with Gasteiger partial charge in [0.25, 0.3) is 6.43 Å². The van der Waals surface area contributed by atoms with Gasteiger partial charge in [-0.3, -0.25) is 0 Å². The fourth-order valence-corrected chi connectivity index (χ4v) is 1.62. The Bertz CT molecular complexity index is 623. The van der Waals surface area contributed by atoms with E-state index < -0.39 is 6.43 Å². The lowest BCUT2D eigenvalue weighted by molar-refractivity contribution is 0.145. The highest BCUT2D eigenvalue weighted by Crippen LogP contribution is 2.18. The van der Waals surface area contributed by atoms with E-state index in [1.54, 1.807) is 0 Å². The molecule has 3 aromatic rings. The van der Waals surface area contributed by atoms with Gasteiger partial charge in [-0.25, -0.2) is 18.4 Å². The van der Waals surface area contributed by atoms with Crippen LogP contribution in [0.15, 0.2) is 36.5 Å². The summed E-state index contributed by atoms with van der Waals surface area (Å²) in [4.78, 5) is 7.26. The summed E-state index contributed by atoms with van der Waals surface area (Å²) < 4.78 is 26.1. The maximum atomic E-state index is 12.4. The standard InChI is InChI=1S/C11H8F2N4/c12-10(13)9-5-6-17(16-9)11-14-7-3-1-2-4-8(7)15-11/h1-6,10H,(H,14,15). The van der Waals surface area contributed by atoms with Gasteiger partial charge in [-0.15, -0.1) is 0 Å². The zero-order chi connectivity index (χ0) is 11.8. The molecule has 0 aliphatic heterocycles. The molecule has 0 aliphatic carbocycles. The van der Waals surface area contributed by atoms with Crippen molar-refractivity contribution < 1.29 is 8.78 Å². The van der Waals surface area contributed by atoms with Crippen LogP contribution in [0.2, 0.25) is 0 Å². The Kier molecular flexibility index (Phi) is 2.14. The molecule has 0 aliphatic rings. The molecule has 0 bridgehead atoms. The molecule has 0 amide bonds. The second-order valence-corrected chi connectivity index (χ2v) is 3.56. The number of hydrogen-bond donors (Lipinski definition) is 1. The van der Waals surface area contributed by atoms with Crippen molar-refractivity contribution >= 4 is 11.0 Å². The molecule has 4 nitrogen and oxygen atoms in total. The average Bonchev–Trinajstić information content (AvgIpc) is 2.95. The quantitative estimate of drug-likeness (QED) is 0.741. The Labute approximate surface area is 94.9 Å². The van der Waals surface area contributed by atoms with Crippen LogP contribution in [0.5, 0.6) is 0 Å². The van der Waals surface area contributed by atoms with Gasteiger partial charge >= 0.3 is 0 Å². The minimum Gasteiger partial charge on any atom is -0.322 e. The monoisotopic (exact) mass is 234 g/mol. The van der Waals surface area contributed by atoms with E-state index in [9.17, 15) is 8.78 Å². The highest BCUT2D eigenvalue weighted by molar-refractivity contribution is 5.75. The predicted octanol–water partition coefficient (Wildman–Crippen LogP) is 2.69. The lowest BCUT2D eigenvalue weighted by atomic mass is 10.3. The molecule has 0 radical (unpaired) electrons. The van der Waals surface area contributed by atoms with Crippen molar-refractivity contribution in [2.75, 3.05) is 0 Å². The third kappa shape index (κ3) is 1.67. The van der Waals surface area contributed by atoms with Crippen LogP contribution in [0, 0.1) is 0 Å². The van der Waals surface area contributed by atoms with Crippen LogP contribution in [0.1, 0.15) is 12.1 Å². The summed E-state index contributed by atoms with van der Waals surface area (Å²) in [5.41, 5.74) is 1.36. The summed E-state index contributed by atoms with van der Waals surface area (Å²) in [5.74, 6) is 0.429. The lowest BCUT2D eigenvalue weighted by Gasteiger charge is -1.94. The average molecular weight is 234 g/mol. The Morgan fingerprint density at radius 2 is 2.00 bits per heavy atom. The van der Waals surface area contributed by atoms with Crippen LogP contribution >= 0.6 is 0 Å². The third-order valence-corrected chi connectivity index (χ3v) is 2.43. The van der Waals surface area contributed by atoms with E-state index >= 15 is 0 Å². The van der Waals surface area contributed by atoms with Gasteiger partial charge in [-0.2, -0.15) is 5.10 Å². The SMILES string of the molecule is FC(F)c1ccn(-c2nc3ccccc3[nH]2)n1. The largest absolute Gasteiger partial charge is 0.322 e. The first-order chi connectivity index (χ1) is 8.24. The first kappa shape index (κ1) is 9.95. The van der Waals surface area contributed by atoms with Gasteiger partial charge in [0.2, 0.25) is 5.95 Å². The van der Waals surface area contributed by atoms with Crippen molar-refractivity contribution in [3.63, 3.8) is 0 Å². The molecule has 1 N–H and O–H groups in total. The summed E-state index contributed by atoms with van der Waals surface area (Å²) in [7, 11) is 0. The van der Waals surface area contributed by atoms with Crippen molar-refractivity contribution in [3.8, 4) is 5.95 Å². The van der Waals surface area contributed by atoms with Crippen LogP contribution in [-0.2, 0) is 0 Å². The molecule has 3 rings (SSSR count). The third-order valence-electron chi connectivity index (χ3n) is 2.43. The summed E-state index contributed by atoms with van der Waals surface area (Å²) in [6, 6.07) is 8.71. The molecule has 0 saturated carbocycles. The molecule has 0 saturated heterocycles. The van der Waals surface area contributed by atoms with E-state index in [-0.39, 0.29) is 5.69 Å². The number of para-hydroxylation sites is 2. The zero-order valence-electron chi connectivity index (χ0n) is 8.64. The van der Waals surface area contributed by atoms with E-state index in [4.69, 9.17) is 0 Å². The molecule has 0 spiro atoms. The minimum absolute atomic E-state index is 0.259. The molecular weight excluding hydrogens is 226 g/mol. The predicted molar refractivity (Wildman–Crippen MR) is 58.2 cm³/mol. The van der Waals surface area contributed by atoms with Gasteiger partial charge in [0.05, 0.1) is 11.0 Å². The van der Waals surface area contributed by atoms with Gasteiger partial charge in [-0.1, -0.05) is 12.1 Å². The van der Waals surface area contributed by atoms with Crippen LogP contribution in [0.25, 0.3) is 17.0 Å². The van der Waals surface area contributed by atoms with Gasteiger partial charge in [0.1, 0.15) is 5.69 Å². The van der Waals surface area contributed by atoms with Crippen molar-refractivity contribution in [3.05, 3.63) is 42.2 Å². The number of H-pyrrole nitrogens is 1. The van der Waals surface area contributed by atoms with Crippen LogP contribution in [0.3, 0.4) is 0 Å². The zero-order valence-corrected chi connectivity index (χ0v) is 8.64. The maximum absolute atomic E-state index is 12.4. The van der Waals surface area contributed by atoms with E-state index in [1.165, 1.54) is 16.9 Å². The molecule has 17 heavy (non-hydrogen) atoms. The number of nitrogens with zero attached hydrogens (tertiary/aromatic N) is 3. The molecule has 2 heterocycles. The topological polar surface area (TPSA) is 46.5 Å². The molecule has 0 fully saturated rings. The number of nitrogens with one attached hydrogen (secondary N) is 1. The minimum atomic E-state index is -2.57. The second kappa shape index (κ2) is 3.65. The molecule has 6 heteroatoms. The van der Waals surface area contributed by atoms with Gasteiger partial charge in [-0.05, 0) is 18.2 Å². The molecule has 1 aromatic carbocycles. The number of alkyl halides is 2. The van der Waals surface area contributed by atoms with Gasteiger partial charge in [0.15, 0.2) is 0 Å². The summed E-state index contributed by atoms with van der Waals surface area (Å²) in [6.45, 7) is 0. The van der Waals surface area contributed by atoms with Crippen molar-refractivity contribution in [1.82, 2.24) is 19.7 Å². The van der Waals surface area contributed by atoms with Gasteiger partial charge < -0.3 is 4.98 Å². The number of benzene rings is 1. The summed E-state index contributed by atoms with van der Waals surface area (Å²) >= 11 is 0. The highest BCUT2D eigenvalue weighted by Gasteiger charge is 2.12. The molecule has 2 aromatic heterocycles. The van der Waals surface area contributed by atoms with Crippen LogP contribution in [-0.4, -0.2) is 19.7 Å². The van der Waals surface area contributed by atoms with Gasteiger partial charge in [0, 0.05) is 6.20 Å². The molecule has 86 valence electrons. The number of aromatic nitrogens is 4.